The molecule has 1 heterocycles. The number of hydrogen-bond acceptors (Lipinski definition) is 4. The second-order valence-corrected chi connectivity index (χ2v) is 4.65. The van der Waals surface area contributed by atoms with Crippen molar-refractivity contribution in [3.05, 3.63) is 45.2 Å². The number of rotatable bonds is 3. The van der Waals surface area contributed by atoms with E-state index in [1.807, 2.05) is 0 Å². The smallest absolute Gasteiger partial charge is 0.337 e. The van der Waals surface area contributed by atoms with E-state index in [0.29, 0.717) is 11.4 Å². The van der Waals surface area contributed by atoms with Crippen LogP contribution in [0.15, 0.2) is 24.3 Å². The molecule has 0 aliphatic heterocycles. The largest absolute Gasteiger partial charge is 0.478 e. The maximum Gasteiger partial charge on any atom is 0.337 e. The molecule has 0 amide bonds. The summed E-state index contributed by atoms with van der Waals surface area (Å²) >= 11 is 17.3. The van der Waals surface area contributed by atoms with Gasteiger partial charge in [-0.3, -0.25) is 0 Å². The zero-order valence-corrected chi connectivity index (χ0v) is 11.5. The van der Waals surface area contributed by atoms with Gasteiger partial charge in [0, 0.05) is 11.8 Å². The summed E-state index contributed by atoms with van der Waals surface area (Å²) in [5.74, 6) is -1.12. The highest BCUT2D eigenvalue weighted by molar-refractivity contribution is 6.34. The topological polar surface area (TPSA) is 75.1 Å². The third-order valence-corrected chi connectivity index (χ3v) is 2.99. The van der Waals surface area contributed by atoms with Crippen LogP contribution in [0.2, 0.25) is 15.3 Å². The number of aromatic nitrogens is 2. The fraction of sp³-hybridized carbons (Fsp3) is 0. The molecule has 0 bridgehead atoms. The third kappa shape index (κ3) is 3.26. The lowest BCUT2D eigenvalue weighted by atomic mass is 10.2. The number of benzene rings is 1. The Morgan fingerprint density at radius 3 is 2.58 bits per heavy atom. The fourth-order valence-electron chi connectivity index (χ4n) is 1.36. The Hall–Kier alpha value is -1.56. The van der Waals surface area contributed by atoms with E-state index in [1.54, 1.807) is 6.07 Å². The van der Waals surface area contributed by atoms with Crippen LogP contribution in [0.3, 0.4) is 0 Å². The summed E-state index contributed by atoms with van der Waals surface area (Å²) in [6.45, 7) is 0. The van der Waals surface area contributed by atoms with Crippen LogP contribution in [0.5, 0.6) is 0 Å². The molecule has 19 heavy (non-hydrogen) atoms. The lowest BCUT2D eigenvalue weighted by molar-refractivity contribution is 0.0697. The Bertz CT molecular complexity index is 649. The molecular formula is C11H6Cl3N3O2. The van der Waals surface area contributed by atoms with Crippen LogP contribution in [-0.4, -0.2) is 21.3 Å². The first-order chi connectivity index (χ1) is 8.97. The lowest BCUT2D eigenvalue weighted by Gasteiger charge is -2.09. The minimum atomic E-state index is -1.12. The van der Waals surface area contributed by atoms with Crippen molar-refractivity contribution in [1.82, 2.24) is 10.2 Å². The van der Waals surface area contributed by atoms with Crippen LogP contribution in [-0.2, 0) is 0 Å². The van der Waals surface area contributed by atoms with E-state index in [0.717, 1.165) is 0 Å². The van der Waals surface area contributed by atoms with E-state index < -0.39 is 5.97 Å². The van der Waals surface area contributed by atoms with Crippen molar-refractivity contribution in [2.75, 3.05) is 5.32 Å². The van der Waals surface area contributed by atoms with Crippen LogP contribution in [0.25, 0.3) is 0 Å². The van der Waals surface area contributed by atoms with Gasteiger partial charge in [-0.25, -0.2) is 4.79 Å². The van der Waals surface area contributed by atoms with Crippen molar-refractivity contribution in [1.29, 1.82) is 0 Å². The van der Waals surface area contributed by atoms with Gasteiger partial charge in [0.15, 0.2) is 10.3 Å². The number of anilines is 2. The molecule has 0 radical (unpaired) electrons. The molecule has 1 aromatic carbocycles. The summed E-state index contributed by atoms with van der Waals surface area (Å²) < 4.78 is 0. The van der Waals surface area contributed by atoms with Gasteiger partial charge in [0.05, 0.1) is 16.3 Å². The van der Waals surface area contributed by atoms with E-state index in [9.17, 15) is 4.79 Å². The van der Waals surface area contributed by atoms with Crippen molar-refractivity contribution >= 4 is 52.1 Å². The SMILES string of the molecule is O=C(O)c1cc(Nc2cc(Cl)nnc2Cl)ccc1Cl. The van der Waals surface area contributed by atoms with Gasteiger partial charge in [-0.2, -0.15) is 0 Å². The number of halogens is 3. The zero-order valence-electron chi connectivity index (χ0n) is 9.19. The lowest BCUT2D eigenvalue weighted by Crippen LogP contribution is -2.00. The van der Waals surface area contributed by atoms with E-state index in [-0.39, 0.29) is 20.9 Å². The van der Waals surface area contributed by atoms with Crippen molar-refractivity contribution in [3.8, 4) is 0 Å². The number of nitrogens with one attached hydrogen (secondary N) is 1. The Morgan fingerprint density at radius 1 is 1.16 bits per heavy atom. The van der Waals surface area contributed by atoms with Crippen LogP contribution in [0.1, 0.15) is 10.4 Å². The molecular weight excluding hydrogens is 312 g/mol. The highest BCUT2D eigenvalue weighted by Crippen LogP contribution is 2.27. The normalized spacial score (nSPS) is 10.3. The Labute approximate surface area is 123 Å². The maximum atomic E-state index is 11.0. The molecule has 0 fully saturated rings. The minimum absolute atomic E-state index is 0.0177. The molecule has 0 saturated heterocycles. The molecule has 2 N–H and O–H groups in total. The number of aromatic carboxylic acids is 1. The van der Waals surface area contributed by atoms with E-state index >= 15 is 0 Å². The predicted molar refractivity (Wildman–Crippen MR) is 73.7 cm³/mol. The Balaban J connectivity index is 2.36. The number of carboxylic acids is 1. The van der Waals surface area contributed by atoms with Gasteiger partial charge in [0.1, 0.15) is 0 Å². The first kappa shape index (κ1) is 13.9. The molecule has 2 aromatic rings. The monoisotopic (exact) mass is 317 g/mol. The van der Waals surface area contributed by atoms with Gasteiger partial charge in [0.25, 0.3) is 0 Å². The van der Waals surface area contributed by atoms with Gasteiger partial charge < -0.3 is 10.4 Å². The van der Waals surface area contributed by atoms with Crippen molar-refractivity contribution < 1.29 is 9.90 Å². The average Bonchev–Trinajstić information content (AvgIpc) is 2.36. The number of hydrogen-bond donors (Lipinski definition) is 2. The second-order valence-electron chi connectivity index (χ2n) is 3.50. The number of carbonyl (C=O) groups is 1. The van der Waals surface area contributed by atoms with Crippen LogP contribution in [0, 0.1) is 0 Å². The van der Waals surface area contributed by atoms with Crippen LogP contribution < -0.4 is 5.32 Å². The van der Waals surface area contributed by atoms with Gasteiger partial charge >= 0.3 is 5.97 Å². The number of nitrogens with zero attached hydrogens (tertiary/aromatic N) is 2. The molecule has 0 spiro atoms. The minimum Gasteiger partial charge on any atom is -0.478 e. The molecule has 0 aliphatic carbocycles. The van der Waals surface area contributed by atoms with Gasteiger partial charge in [0.2, 0.25) is 0 Å². The summed E-state index contributed by atoms with van der Waals surface area (Å²) in [4.78, 5) is 11.0. The molecule has 8 heteroatoms. The second kappa shape index (κ2) is 5.61. The highest BCUT2D eigenvalue weighted by Gasteiger charge is 2.11. The fourth-order valence-corrected chi connectivity index (χ4v) is 1.85. The number of carboxylic acid groups (broad SMARTS) is 1. The average molecular weight is 319 g/mol. The quantitative estimate of drug-likeness (QED) is 0.898. The maximum absolute atomic E-state index is 11.0. The molecule has 0 unspecified atom stereocenters. The van der Waals surface area contributed by atoms with Crippen molar-refractivity contribution in [2.45, 2.75) is 0 Å². The summed E-state index contributed by atoms with van der Waals surface area (Å²) in [7, 11) is 0. The zero-order chi connectivity index (χ0) is 14.0. The molecule has 98 valence electrons. The summed E-state index contributed by atoms with van der Waals surface area (Å²) in [5, 5.41) is 19.5. The summed E-state index contributed by atoms with van der Waals surface area (Å²) in [6, 6.07) is 5.94. The van der Waals surface area contributed by atoms with E-state index in [1.165, 1.54) is 18.2 Å². The highest BCUT2D eigenvalue weighted by atomic mass is 35.5. The van der Waals surface area contributed by atoms with Gasteiger partial charge in [-0.15, -0.1) is 10.2 Å². The Morgan fingerprint density at radius 2 is 1.89 bits per heavy atom. The first-order valence-electron chi connectivity index (χ1n) is 4.96. The molecule has 1 aromatic heterocycles. The van der Waals surface area contributed by atoms with Gasteiger partial charge in [-0.1, -0.05) is 34.8 Å². The van der Waals surface area contributed by atoms with Gasteiger partial charge in [-0.05, 0) is 18.2 Å². The van der Waals surface area contributed by atoms with Crippen LogP contribution in [0.4, 0.5) is 11.4 Å². The molecule has 2 rings (SSSR count). The van der Waals surface area contributed by atoms with Crippen LogP contribution >= 0.6 is 34.8 Å². The Kier molecular flexibility index (Phi) is 4.09. The molecule has 0 aliphatic rings. The molecule has 5 nitrogen and oxygen atoms in total. The third-order valence-electron chi connectivity index (χ3n) is 2.19. The molecule has 0 saturated carbocycles. The van der Waals surface area contributed by atoms with Crippen molar-refractivity contribution in [2.24, 2.45) is 0 Å². The van der Waals surface area contributed by atoms with E-state index in [4.69, 9.17) is 39.9 Å². The molecule has 0 atom stereocenters. The van der Waals surface area contributed by atoms with E-state index in [2.05, 4.69) is 15.5 Å². The predicted octanol–water partition coefficient (Wildman–Crippen LogP) is 3.88. The van der Waals surface area contributed by atoms with Crippen molar-refractivity contribution in [3.63, 3.8) is 0 Å². The summed E-state index contributed by atoms with van der Waals surface area (Å²) in [5.41, 5.74) is 0.893. The standard InChI is InChI=1S/C11H6Cl3N3O2/c12-7-2-1-5(3-6(7)11(18)19)15-8-4-9(13)16-17-10(8)14/h1-4H,(H,15,16)(H,18,19). The summed E-state index contributed by atoms with van der Waals surface area (Å²) in [6.07, 6.45) is 0. The first-order valence-corrected chi connectivity index (χ1v) is 6.09.